The van der Waals surface area contributed by atoms with Crippen molar-refractivity contribution in [1.29, 1.82) is 0 Å². The molecule has 1 aromatic carbocycles. The Morgan fingerprint density at radius 2 is 2.12 bits per heavy atom. The van der Waals surface area contributed by atoms with Gasteiger partial charge < -0.3 is 9.67 Å². The number of aryl methyl sites for hydroxylation is 2. The van der Waals surface area contributed by atoms with Gasteiger partial charge in [-0.2, -0.15) is 0 Å². The molecule has 1 N–H and O–H groups in total. The quantitative estimate of drug-likeness (QED) is 0.803. The Hall–Kier alpha value is -0.950. The first kappa shape index (κ1) is 12.5. The van der Waals surface area contributed by atoms with Crippen LogP contribution in [0.3, 0.4) is 0 Å². The number of aliphatic hydroxyl groups excluding tert-OH is 1. The van der Waals surface area contributed by atoms with Crippen LogP contribution < -0.4 is 5.43 Å². The molecule has 0 aliphatic carbocycles. The van der Waals surface area contributed by atoms with Gasteiger partial charge in [-0.25, -0.2) is 4.39 Å². The molecule has 1 aromatic heterocycles. The normalized spacial score (nSPS) is 11.1. The van der Waals surface area contributed by atoms with E-state index >= 15 is 0 Å². The van der Waals surface area contributed by atoms with E-state index < -0.39 is 5.82 Å². The summed E-state index contributed by atoms with van der Waals surface area (Å²) in [5, 5.41) is 9.64. The maximum absolute atomic E-state index is 13.3. The van der Waals surface area contributed by atoms with Crippen molar-refractivity contribution in [3.8, 4) is 0 Å². The monoisotopic (exact) mass is 347 g/mol. The van der Waals surface area contributed by atoms with E-state index in [-0.39, 0.29) is 12.0 Å². The van der Waals surface area contributed by atoms with Gasteiger partial charge in [0.25, 0.3) is 0 Å². The number of fused-ring (bicyclic) bond motifs is 1. The second-order valence-corrected chi connectivity index (χ2v) is 5.00. The van der Waals surface area contributed by atoms with Gasteiger partial charge in [0, 0.05) is 12.4 Å². The molecule has 17 heavy (non-hydrogen) atoms. The Balaban J connectivity index is 3.09. The third kappa shape index (κ3) is 1.87. The number of rotatable bonds is 1. The molecule has 0 aliphatic rings. The Labute approximate surface area is 111 Å². The standard InChI is InChI=1S/C12H11FINO2/c1-6-3-7(13)4-8-11(6)15(2)9(5-16)10(14)12(8)17/h3-4,16H,5H2,1-2H3. The molecule has 0 aliphatic heterocycles. The van der Waals surface area contributed by atoms with Gasteiger partial charge in [-0.05, 0) is 47.2 Å². The molecule has 0 radical (unpaired) electrons. The van der Waals surface area contributed by atoms with Crippen LogP contribution in [-0.4, -0.2) is 9.67 Å². The molecule has 0 saturated carbocycles. The topological polar surface area (TPSA) is 42.2 Å². The lowest BCUT2D eigenvalue weighted by atomic mass is 10.1. The molecule has 0 saturated heterocycles. The molecule has 0 spiro atoms. The van der Waals surface area contributed by atoms with Crippen molar-refractivity contribution < 1.29 is 9.50 Å². The summed E-state index contributed by atoms with van der Waals surface area (Å²) in [7, 11) is 1.76. The molecule has 90 valence electrons. The van der Waals surface area contributed by atoms with Crippen LogP contribution in [0.5, 0.6) is 0 Å². The molecule has 0 atom stereocenters. The smallest absolute Gasteiger partial charge is 0.203 e. The zero-order valence-electron chi connectivity index (χ0n) is 9.42. The van der Waals surface area contributed by atoms with Crippen molar-refractivity contribution in [3.63, 3.8) is 0 Å². The number of hydrogen-bond acceptors (Lipinski definition) is 2. The highest BCUT2D eigenvalue weighted by atomic mass is 127. The molecular weight excluding hydrogens is 336 g/mol. The lowest BCUT2D eigenvalue weighted by Gasteiger charge is -2.14. The van der Waals surface area contributed by atoms with E-state index in [1.165, 1.54) is 12.1 Å². The molecule has 1 heterocycles. The largest absolute Gasteiger partial charge is 0.390 e. The van der Waals surface area contributed by atoms with Crippen LogP contribution in [-0.2, 0) is 13.7 Å². The van der Waals surface area contributed by atoms with Crippen LogP contribution in [0.1, 0.15) is 11.3 Å². The number of benzene rings is 1. The van der Waals surface area contributed by atoms with E-state index in [9.17, 15) is 14.3 Å². The molecule has 0 amide bonds. The zero-order chi connectivity index (χ0) is 12.7. The lowest BCUT2D eigenvalue weighted by molar-refractivity contribution is 0.271. The molecular formula is C12H11FINO2. The number of hydrogen-bond donors (Lipinski definition) is 1. The van der Waals surface area contributed by atoms with Crippen LogP contribution in [0.2, 0.25) is 0 Å². The first-order valence-electron chi connectivity index (χ1n) is 5.05. The van der Waals surface area contributed by atoms with Gasteiger partial charge >= 0.3 is 0 Å². The minimum Gasteiger partial charge on any atom is -0.390 e. The average Bonchev–Trinajstić information content (AvgIpc) is 2.25. The maximum Gasteiger partial charge on any atom is 0.203 e. The van der Waals surface area contributed by atoms with Gasteiger partial charge in [-0.1, -0.05) is 0 Å². The number of aliphatic hydroxyl groups is 1. The van der Waals surface area contributed by atoms with Gasteiger partial charge in [0.15, 0.2) is 0 Å². The summed E-state index contributed by atoms with van der Waals surface area (Å²) >= 11 is 1.89. The second-order valence-electron chi connectivity index (χ2n) is 3.93. The molecule has 2 rings (SSSR count). The van der Waals surface area contributed by atoms with Gasteiger partial charge in [-0.3, -0.25) is 4.79 Å². The first-order valence-corrected chi connectivity index (χ1v) is 6.13. The van der Waals surface area contributed by atoms with Gasteiger partial charge in [0.1, 0.15) is 5.82 Å². The van der Waals surface area contributed by atoms with Crippen LogP contribution in [0.4, 0.5) is 4.39 Å². The van der Waals surface area contributed by atoms with E-state index in [0.29, 0.717) is 25.7 Å². The summed E-state index contributed by atoms with van der Waals surface area (Å²) in [6.45, 7) is 1.54. The molecule has 5 heteroatoms. The van der Waals surface area contributed by atoms with E-state index in [1.807, 2.05) is 22.6 Å². The van der Waals surface area contributed by atoms with Gasteiger partial charge in [0.05, 0.1) is 21.4 Å². The van der Waals surface area contributed by atoms with E-state index in [4.69, 9.17) is 0 Å². The van der Waals surface area contributed by atoms with Crippen molar-refractivity contribution >= 4 is 33.5 Å². The lowest BCUT2D eigenvalue weighted by Crippen LogP contribution is -2.18. The van der Waals surface area contributed by atoms with Crippen molar-refractivity contribution in [1.82, 2.24) is 4.57 Å². The summed E-state index contributed by atoms with van der Waals surface area (Å²) in [6, 6.07) is 2.63. The molecule has 3 nitrogen and oxygen atoms in total. The minimum absolute atomic E-state index is 0.212. The van der Waals surface area contributed by atoms with Crippen LogP contribution in [0.15, 0.2) is 16.9 Å². The van der Waals surface area contributed by atoms with Crippen molar-refractivity contribution in [2.24, 2.45) is 7.05 Å². The Bertz CT molecular complexity index is 664. The summed E-state index contributed by atoms with van der Waals surface area (Å²) in [6.07, 6.45) is 0. The Morgan fingerprint density at radius 3 is 2.71 bits per heavy atom. The van der Waals surface area contributed by atoms with Crippen LogP contribution >= 0.6 is 22.6 Å². The molecule has 0 bridgehead atoms. The fraction of sp³-hybridized carbons (Fsp3) is 0.250. The zero-order valence-corrected chi connectivity index (χ0v) is 11.6. The summed E-state index contributed by atoms with van der Waals surface area (Å²) in [5.74, 6) is -0.417. The van der Waals surface area contributed by atoms with E-state index in [0.717, 1.165) is 0 Å². The van der Waals surface area contributed by atoms with Crippen molar-refractivity contribution in [2.45, 2.75) is 13.5 Å². The second kappa shape index (κ2) is 4.38. The van der Waals surface area contributed by atoms with E-state index in [2.05, 4.69) is 0 Å². The predicted octanol–water partition coefficient (Wildman–Crippen LogP) is 2.08. The van der Waals surface area contributed by atoms with Crippen LogP contribution in [0, 0.1) is 16.3 Å². The fourth-order valence-corrected chi connectivity index (χ4v) is 2.88. The number of nitrogens with zero attached hydrogens (tertiary/aromatic N) is 1. The number of pyridine rings is 1. The molecule has 0 fully saturated rings. The summed E-state index contributed by atoms with van der Waals surface area (Å²) in [5.41, 5.74) is 1.68. The third-order valence-electron chi connectivity index (χ3n) is 2.85. The number of aromatic nitrogens is 1. The highest BCUT2D eigenvalue weighted by Gasteiger charge is 2.14. The minimum atomic E-state index is -0.417. The molecule has 2 aromatic rings. The van der Waals surface area contributed by atoms with Crippen LogP contribution in [0.25, 0.3) is 10.9 Å². The van der Waals surface area contributed by atoms with Crippen molar-refractivity contribution in [3.05, 3.63) is 43.0 Å². The van der Waals surface area contributed by atoms with E-state index in [1.54, 1.807) is 18.5 Å². The third-order valence-corrected chi connectivity index (χ3v) is 3.97. The summed E-state index contributed by atoms with van der Waals surface area (Å²) in [4.78, 5) is 12.1. The van der Waals surface area contributed by atoms with Gasteiger partial charge in [0.2, 0.25) is 5.43 Å². The maximum atomic E-state index is 13.3. The predicted molar refractivity (Wildman–Crippen MR) is 72.5 cm³/mol. The fourth-order valence-electron chi connectivity index (χ4n) is 2.06. The SMILES string of the molecule is Cc1cc(F)cc2c(=O)c(I)c(CO)n(C)c12. The Kier molecular flexibility index (Phi) is 3.22. The Morgan fingerprint density at radius 1 is 1.47 bits per heavy atom. The summed E-state index contributed by atoms with van der Waals surface area (Å²) < 4.78 is 15.5. The molecule has 0 unspecified atom stereocenters. The van der Waals surface area contributed by atoms with Gasteiger partial charge in [-0.15, -0.1) is 0 Å². The highest BCUT2D eigenvalue weighted by Crippen LogP contribution is 2.21. The van der Waals surface area contributed by atoms with Crippen molar-refractivity contribution in [2.75, 3.05) is 0 Å². The average molecular weight is 347 g/mol. The highest BCUT2D eigenvalue weighted by molar-refractivity contribution is 14.1. The first-order chi connectivity index (χ1) is 7.97. The number of halogens is 2.